The zero-order chi connectivity index (χ0) is 11.7. The predicted octanol–water partition coefficient (Wildman–Crippen LogP) is 2.52. The van der Waals surface area contributed by atoms with Crippen LogP contribution in [-0.2, 0) is 0 Å². The fraction of sp³-hybridized carbons (Fsp3) is 0.571. The number of rotatable bonds is 3. The second-order valence-corrected chi connectivity index (χ2v) is 5.97. The van der Waals surface area contributed by atoms with Crippen LogP contribution in [0.15, 0.2) is 29.2 Å². The van der Waals surface area contributed by atoms with Gasteiger partial charge in [0.15, 0.2) is 0 Å². The first-order valence-corrected chi connectivity index (χ1v) is 7.57. The minimum absolute atomic E-state index is 0.643. The van der Waals surface area contributed by atoms with Crippen molar-refractivity contribution in [1.82, 2.24) is 10.2 Å². The average Bonchev–Trinajstić information content (AvgIpc) is 2.33. The molecule has 0 spiro atoms. The third-order valence-corrected chi connectivity index (χ3v) is 5.04. The number of likely N-dealkylation sites (N-methyl/N-ethyl adjacent to an activating group) is 1. The molecule has 0 saturated carbocycles. The third-order valence-electron chi connectivity index (χ3n) is 3.92. The van der Waals surface area contributed by atoms with E-state index in [0.717, 1.165) is 12.6 Å². The van der Waals surface area contributed by atoms with Crippen molar-refractivity contribution in [2.24, 2.45) is 0 Å². The van der Waals surface area contributed by atoms with Crippen LogP contribution in [0.2, 0.25) is 0 Å². The SMILES string of the molecule is CCN(C1CNC1)C1CCSc2ccccc21. The van der Waals surface area contributed by atoms with E-state index >= 15 is 0 Å². The Hall–Kier alpha value is -0.510. The van der Waals surface area contributed by atoms with Crippen LogP contribution in [0.3, 0.4) is 0 Å². The summed E-state index contributed by atoms with van der Waals surface area (Å²) in [6, 6.07) is 10.3. The highest BCUT2D eigenvalue weighted by Crippen LogP contribution is 2.40. The Labute approximate surface area is 108 Å². The van der Waals surface area contributed by atoms with Crippen molar-refractivity contribution in [3.05, 3.63) is 29.8 Å². The van der Waals surface area contributed by atoms with Gasteiger partial charge in [-0.3, -0.25) is 4.90 Å². The quantitative estimate of drug-likeness (QED) is 0.885. The van der Waals surface area contributed by atoms with E-state index in [1.807, 2.05) is 11.8 Å². The number of thioether (sulfide) groups is 1. The molecule has 1 N–H and O–H groups in total. The number of hydrogen-bond donors (Lipinski definition) is 1. The second kappa shape index (κ2) is 5.01. The highest BCUT2D eigenvalue weighted by molar-refractivity contribution is 7.99. The molecule has 1 fully saturated rings. The maximum Gasteiger partial charge on any atom is 0.0371 e. The van der Waals surface area contributed by atoms with Crippen LogP contribution in [0.5, 0.6) is 0 Å². The number of hydrogen-bond acceptors (Lipinski definition) is 3. The zero-order valence-corrected chi connectivity index (χ0v) is 11.2. The molecule has 17 heavy (non-hydrogen) atoms. The maximum absolute atomic E-state index is 3.39. The molecule has 92 valence electrons. The number of fused-ring (bicyclic) bond motifs is 1. The van der Waals surface area contributed by atoms with Gasteiger partial charge in [0.25, 0.3) is 0 Å². The summed E-state index contributed by atoms with van der Waals surface area (Å²) >= 11 is 2.02. The summed E-state index contributed by atoms with van der Waals surface area (Å²) in [7, 11) is 0. The van der Waals surface area contributed by atoms with Crippen LogP contribution in [0.4, 0.5) is 0 Å². The van der Waals surface area contributed by atoms with Gasteiger partial charge in [0.2, 0.25) is 0 Å². The van der Waals surface area contributed by atoms with Gasteiger partial charge in [0, 0.05) is 30.1 Å². The summed E-state index contributed by atoms with van der Waals surface area (Å²) in [6.45, 7) is 5.79. The third kappa shape index (κ3) is 2.12. The number of nitrogens with one attached hydrogen (secondary N) is 1. The summed E-state index contributed by atoms with van der Waals surface area (Å²) < 4.78 is 0. The van der Waals surface area contributed by atoms with Gasteiger partial charge in [-0.1, -0.05) is 25.1 Å². The molecule has 0 amide bonds. The van der Waals surface area contributed by atoms with E-state index in [9.17, 15) is 0 Å². The summed E-state index contributed by atoms with van der Waals surface area (Å²) in [5.74, 6) is 1.26. The van der Waals surface area contributed by atoms with Crippen LogP contribution >= 0.6 is 11.8 Å². The fourth-order valence-corrected chi connectivity index (χ4v) is 4.02. The standard InChI is InChI=1S/C14H20N2S/c1-2-16(11-9-15-10-11)13-7-8-17-14-6-4-3-5-12(13)14/h3-6,11,13,15H,2,7-10H2,1H3. The maximum atomic E-state index is 3.39. The lowest BCUT2D eigenvalue weighted by atomic mass is 9.98. The lowest BCUT2D eigenvalue weighted by molar-refractivity contribution is 0.0965. The van der Waals surface area contributed by atoms with Crippen LogP contribution < -0.4 is 5.32 Å². The van der Waals surface area contributed by atoms with Crippen LogP contribution in [-0.4, -0.2) is 36.3 Å². The smallest absolute Gasteiger partial charge is 0.0371 e. The van der Waals surface area contributed by atoms with Crippen LogP contribution in [0.25, 0.3) is 0 Å². The normalized spacial score (nSPS) is 24.5. The van der Waals surface area contributed by atoms with E-state index < -0.39 is 0 Å². The monoisotopic (exact) mass is 248 g/mol. The average molecular weight is 248 g/mol. The highest BCUT2D eigenvalue weighted by Gasteiger charge is 2.32. The largest absolute Gasteiger partial charge is 0.314 e. The minimum Gasteiger partial charge on any atom is -0.314 e. The van der Waals surface area contributed by atoms with Crippen molar-refractivity contribution in [2.45, 2.75) is 30.3 Å². The van der Waals surface area contributed by atoms with Crippen molar-refractivity contribution < 1.29 is 0 Å². The van der Waals surface area contributed by atoms with Gasteiger partial charge in [0.1, 0.15) is 0 Å². The molecule has 0 radical (unpaired) electrons. The second-order valence-electron chi connectivity index (χ2n) is 4.83. The van der Waals surface area contributed by atoms with E-state index in [1.54, 1.807) is 5.56 Å². The lowest BCUT2D eigenvalue weighted by Gasteiger charge is -2.44. The van der Waals surface area contributed by atoms with Crippen LogP contribution in [0, 0.1) is 0 Å². The molecule has 3 heteroatoms. The molecule has 2 nitrogen and oxygen atoms in total. The molecule has 1 saturated heterocycles. The molecular formula is C14H20N2S. The Morgan fingerprint density at radius 1 is 1.35 bits per heavy atom. The molecule has 1 aromatic rings. The molecule has 1 atom stereocenters. The number of nitrogens with zero attached hydrogens (tertiary/aromatic N) is 1. The molecule has 3 rings (SSSR count). The van der Waals surface area contributed by atoms with Gasteiger partial charge in [-0.2, -0.15) is 0 Å². The molecule has 2 aliphatic rings. The van der Waals surface area contributed by atoms with Gasteiger partial charge in [-0.15, -0.1) is 11.8 Å². The first kappa shape index (κ1) is 11.6. The van der Waals surface area contributed by atoms with E-state index in [1.165, 1.54) is 30.2 Å². The first-order chi connectivity index (χ1) is 8.40. The van der Waals surface area contributed by atoms with Crippen molar-refractivity contribution >= 4 is 11.8 Å². The molecule has 2 heterocycles. The van der Waals surface area contributed by atoms with E-state index in [4.69, 9.17) is 0 Å². The molecule has 0 aliphatic carbocycles. The Morgan fingerprint density at radius 2 is 2.18 bits per heavy atom. The molecule has 0 aromatic heterocycles. The summed E-state index contributed by atoms with van der Waals surface area (Å²) in [5, 5.41) is 3.39. The van der Waals surface area contributed by atoms with E-state index in [-0.39, 0.29) is 0 Å². The van der Waals surface area contributed by atoms with Crippen molar-refractivity contribution in [3.63, 3.8) is 0 Å². The molecule has 0 bridgehead atoms. The van der Waals surface area contributed by atoms with Crippen molar-refractivity contribution in [2.75, 3.05) is 25.4 Å². The number of benzene rings is 1. The topological polar surface area (TPSA) is 15.3 Å². The molecule has 1 aromatic carbocycles. The molecule has 2 aliphatic heterocycles. The summed E-state index contributed by atoms with van der Waals surface area (Å²) in [5.41, 5.74) is 1.55. The summed E-state index contributed by atoms with van der Waals surface area (Å²) in [6.07, 6.45) is 1.30. The Bertz CT molecular complexity index is 390. The van der Waals surface area contributed by atoms with Crippen molar-refractivity contribution in [3.8, 4) is 0 Å². The molecule has 1 unspecified atom stereocenters. The predicted molar refractivity (Wildman–Crippen MR) is 73.6 cm³/mol. The van der Waals surface area contributed by atoms with E-state index in [2.05, 4.69) is 41.4 Å². The zero-order valence-electron chi connectivity index (χ0n) is 10.4. The van der Waals surface area contributed by atoms with Gasteiger partial charge in [-0.25, -0.2) is 0 Å². The minimum atomic E-state index is 0.643. The van der Waals surface area contributed by atoms with Gasteiger partial charge >= 0.3 is 0 Å². The first-order valence-electron chi connectivity index (χ1n) is 6.58. The van der Waals surface area contributed by atoms with Crippen LogP contribution in [0.1, 0.15) is 24.9 Å². The van der Waals surface area contributed by atoms with Crippen molar-refractivity contribution in [1.29, 1.82) is 0 Å². The van der Waals surface area contributed by atoms with Gasteiger partial charge in [0.05, 0.1) is 0 Å². The molecular weight excluding hydrogens is 228 g/mol. The van der Waals surface area contributed by atoms with Gasteiger partial charge < -0.3 is 5.32 Å². The lowest BCUT2D eigenvalue weighted by Crippen LogP contribution is -2.58. The Morgan fingerprint density at radius 3 is 2.88 bits per heavy atom. The Balaban J connectivity index is 1.87. The van der Waals surface area contributed by atoms with E-state index in [0.29, 0.717) is 6.04 Å². The van der Waals surface area contributed by atoms with Gasteiger partial charge in [-0.05, 0) is 30.3 Å². The summed E-state index contributed by atoms with van der Waals surface area (Å²) in [4.78, 5) is 4.18. The fourth-order valence-electron chi connectivity index (χ4n) is 2.91. The Kier molecular flexibility index (Phi) is 3.41. The highest BCUT2D eigenvalue weighted by atomic mass is 32.2.